The molecule has 0 spiro atoms. The van der Waals surface area contributed by atoms with Crippen LogP contribution in [-0.4, -0.2) is 52.0 Å². The van der Waals surface area contributed by atoms with E-state index in [0.29, 0.717) is 0 Å². The molecule has 0 aromatic heterocycles. The summed E-state index contributed by atoms with van der Waals surface area (Å²) in [6, 6.07) is 2.89. The first kappa shape index (κ1) is 19.1. The van der Waals surface area contributed by atoms with Gasteiger partial charge in [0, 0.05) is 20.5 Å². The van der Waals surface area contributed by atoms with E-state index in [4.69, 9.17) is 25.4 Å². The summed E-state index contributed by atoms with van der Waals surface area (Å²) >= 11 is 0. The molecule has 0 saturated heterocycles. The molecule has 128 valence electrons. The van der Waals surface area contributed by atoms with Crippen LogP contribution in [0.3, 0.4) is 0 Å². The Labute approximate surface area is 132 Å². The number of hydrogen-bond acceptors (Lipinski definition) is 5. The van der Waals surface area contributed by atoms with Crippen LogP contribution in [0.5, 0.6) is 5.75 Å². The quantitative estimate of drug-likeness (QED) is 0.540. The van der Waals surface area contributed by atoms with E-state index < -0.39 is 31.9 Å². The molecule has 1 atom stereocenters. The summed E-state index contributed by atoms with van der Waals surface area (Å²) in [7, 11) is -1.32. The highest BCUT2D eigenvalue weighted by Gasteiger charge is 2.20. The van der Waals surface area contributed by atoms with Crippen molar-refractivity contribution in [3.05, 3.63) is 29.3 Å². The lowest BCUT2D eigenvalue weighted by molar-refractivity contribution is -0.138. The number of carbonyl (C=O) groups excluding carboxylic acids is 1. The summed E-state index contributed by atoms with van der Waals surface area (Å²) in [6.07, 6.45) is -1.33. The number of ether oxygens (including phenoxy) is 1. The third-order valence-electron chi connectivity index (χ3n) is 2.83. The van der Waals surface area contributed by atoms with Crippen LogP contribution in [0.15, 0.2) is 18.2 Å². The number of carbonyl (C=O) groups is 2. The van der Waals surface area contributed by atoms with Crippen molar-refractivity contribution < 1.29 is 33.8 Å². The molecule has 1 aromatic rings. The fraction of sp³-hybridized carbons (Fsp3) is 0.385. The van der Waals surface area contributed by atoms with Gasteiger partial charge in [-0.25, -0.2) is 4.79 Å². The van der Waals surface area contributed by atoms with Gasteiger partial charge in [0.05, 0.1) is 6.16 Å². The molecule has 0 fully saturated rings. The maximum atomic E-state index is 11.6. The number of nitrogens with two attached hydrogens (primary N) is 1. The van der Waals surface area contributed by atoms with Crippen molar-refractivity contribution in [2.75, 3.05) is 14.1 Å². The number of aliphatic carboxylic acids is 1. The maximum Gasteiger partial charge on any atom is 0.414 e. The topological polar surface area (TPSA) is 150 Å². The van der Waals surface area contributed by atoms with Crippen LogP contribution < -0.4 is 10.5 Å². The lowest BCUT2D eigenvalue weighted by atomic mass is 10.0. The first-order valence-electron chi connectivity index (χ1n) is 6.53. The van der Waals surface area contributed by atoms with Crippen LogP contribution in [0.1, 0.15) is 11.1 Å². The zero-order valence-corrected chi connectivity index (χ0v) is 13.6. The molecule has 5 N–H and O–H groups in total. The van der Waals surface area contributed by atoms with Gasteiger partial charge in [0.2, 0.25) is 0 Å². The minimum Gasteiger partial charge on any atom is -0.480 e. The van der Waals surface area contributed by atoms with Gasteiger partial charge < -0.3 is 30.3 Å². The normalized spacial score (nSPS) is 12.6. The number of carboxylic acids is 1. The average molecular weight is 346 g/mol. The molecule has 10 heteroatoms. The van der Waals surface area contributed by atoms with E-state index >= 15 is 0 Å². The Bertz CT molecular complexity index is 641. The van der Waals surface area contributed by atoms with Gasteiger partial charge in [-0.1, -0.05) is 12.1 Å². The molecule has 0 aliphatic heterocycles. The van der Waals surface area contributed by atoms with E-state index in [-0.39, 0.29) is 23.3 Å². The fourth-order valence-corrected chi connectivity index (χ4v) is 2.41. The standard InChI is InChI=1S/C13H19N2O7P/c1-15(2)13(18)22-11-4-3-8(7-23(19,20)21)5-9(11)6-10(14)12(16)17/h3-5,10H,6-7,14H2,1-2H3,(H,16,17)(H2,19,20,21)/t10-/m0/s1. The second kappa shape index (κ2) is 7.56. The minimum atomic E-state index is -4.28. The van der Waals surface area contributed by atoms with Crippen molar-refractivity contribution in [2.24, 2.45) is 5.73 Å². The van der Waals surface area contributed by atoms with E-state index in [2.05, 4.69) is 0 Å². The summed E-state index contributed by atoms with van der Waals surface area (Å²) in [4.78, 5) is 41.7. The molecule has 0 unspecified atom stereocenters. The number of amides is 1. The molecule has 0 aliphatic carbocycles. The molecule has 23 heavy (non-hydrogen) atoms. The van der Waals surface area contributed by atoms with Crippen LogP contribution in [0.25, 0.3) is 0 Å². The third-order valence-corrected chi connectivity index (χ3v) is 3.61. The van der Waals surface area contributed by atoms with Crippen LogP contribution in [0, 0.1) is 0 Å². The Kier molecular flexibility index (Phi) is 6.28. The van der Waals surface area contributed by atoms with Gasteiger partial charge in [0.1, 0.15) is 11.8 Å². The molecule has 9 nitrogen and oxygen atoms in total. The molecule has 0 bridgehead atoms. The molecule has 0 aliphatic rings. The van der Waals surface area contributed by atoms with Gasteiger partial charge >= 0.3 is 19.7 Å². The highest BCUT2D eigenvalue weighted by molar-refractivity contribution is 7.50. The Morgan fingerprint density at radius 2 is 1.96 bits per heavy atom. The van der Waals surface area contributed by atoms with Crippen molar-refractivity contribution in [1.29, 1.82) is 0 Å². The maximum absolute atomic E-state index is 11.6. The van der Waals surface area contributed by atoms with Crippen molar-refractivity contribution in [2.45, 2.75) is 18.6 Å². The molecular weight excluding hydrogens is 327 g/mol. The predicted octanol–water partition coefficient (Wildman–Crippen LogP) is 0.379. The van der Waals surface area contributed by atoms with Crippen molar-refractivity contribution >= 4 is 19.7 Å². The van der Waals surface area contributed by atoms with E-state index in [0.717, 1.165) is 0 Å². The number of hydrogen-bond donors (Lipinski definition) is 4. The third kappa shape index (κ3) is 6.37. The lowest BCUT2D eigenvalue weighted by Crippen LogP contribution is -2.33. The van der Waals surface area contributed by atoms with Gasteiger partial charge in [-0.05, 0) is 17.2 Å². The number of nitrogens with zero attached hydrogens (tertiary/aromatic N) is 1. The monoisotopic (exact) mass is 346 g/mol. The van der Waals surface area contributed by atoms with E-state index in [9.17, 15) is 14.2 Å². The first-order chi connectivity index (χ1) is 10.5. The molecule has 1 aromatic carbocycles. The number of rotatable bonds is 6. The smallest absolute Gasteiger partial charge is 0.414 e. The van der Waals surface area contributed by atoms with Gasteiger partial charge in [0.25, 0.3) is 0 Å². The fourth-order valence-electron chi connectivity index (χ4n) is 1.74. The van der Waals surface area contributed by atoms with Crippen molar-refractivity contribution in [3.8, 4) is 5.75 Å². The molecule has 1 rings (SSSR count). The van der Waals surface area contributed by atoms with Crippen LogP contribution in [0.2, 0.25) is 0 Å². The van der Waals surface area contributed by atoms with Gasteiger partial charge in [0.15, 0.2) is 0 Å². The summed E-state index contributed by atoms with van der Waals surface area (Å²) in [6.45, 7) is 0. The summed E-state index contributed by atoms with van der Waals surface area (Å²) < 4.78 is 16.2. The average Bonchev–Trinajstić information content (AvgIpc) is 2.39. The molecule has 0 radical (unpaired) electrons. The summed E-state index contributed by atoms with van der Waals surface area (Å²) in [5.41, 5.74) is 6.05. The predicted molar refractivity (Wildman–Crippen MR) is 81.2 cm³/mol. The number of carboxylic acid groups (broad SMARTS) is 1. The summed E-state index contributed by atoms with van der Waals surface area (Å²) in [5, 5.41) is 8.89. The Hall–Kier alpha value is -1.93. The van der Waals surface area contributed by atoms with Gasteiger partial charge in [-0.2, -0.15) is 0 Å². The molecule has 0 heterocycles. The van der Waals surface area contributed by atoms with E-state index in [1.54, 1.807) is 0 Å². The zero-order chi connectivity index (χ0) is 17.8. The Balaban J connectivity index is 3.15. The highest BCUT2D eigenvalue weighted by atomic mass is 31.2. The van der Waals surface area contributed by atoms with Crippen LogP contribution in [-0.2, 0) is 21.9 Å². The number of benzene rings is 1. The molecule has 1 amide bonds. The van der Waals surface area contributed by atoms with E-state index in [1.807, 2.05) is 0 Å². The Morgan fingerprint density at radius 3 is 2.43 bits per heavy atom. The Morgan fingerprint density at radius 1 is 1.35 bits per heavy atom. The lowest BCUT2D eigenvalue weighted by Gasteiger charge is -2.16. The van der Waals surface area contributed by atoms with Crippen LogP contribution >= 0.6 is 7.60 Å². The second-order valence-electron chi connectivity index (χ2n) is 5.18. The van der Waals surface area contributed by atoms with Gasteiger partial charge in [-0.15, -0.1) is 0 Å². The highest BCUT2D eigenvalue weighted by Crippen LogP contribution is 2.39. The van der Waals surface area contributed by atoms with Crippen molar-refractivity contribution in [1.82, 2.24) is 4.90 Å². The van der Waals surface area contributed by atoms with Crippen molar-refractivity contribution in [3.63, 3.8) is 0 Å². The van der Waals surface area contributed by atoms with E-state index in [1.165, 1.54) is 37.2 Å². The summed E-state index contributed by atoms with van der Waals surface area (Å²) in [5.74, 6) is -1.15. The largest absolute Gasteiger partial charge is 0.480 e. The van der Waals surface area contributed by atoms with Gasteiger partial charge in [-0.3, -0.25) is 9.36 Å². The first-order valence-corrected chi connectivity index (χ1v) is 8.33. The molecular formula is C13H19N2O7P. The minimum absolute atomic E-state index is 0.0925. The second-order valence-corrected chi connectivity index (χ2v) is 6.82. The SMILES string of the molecule is CN(C)C(=O)Oc1ccc(CP(=O)(O)O)cc1C[C@H](N)C(=O)O. The molecule has 0 saturated carbocycles. The van der Waals surface area contributed by atoms with Crippen LogP contribution in [0.4, 0.5) is 4.79 Å². The zero-order valence-electron chi connectivity index (χ0n) is 12.7.